The van der Waals surface area contributed by atoms with Crippen LogP contribution >= 0.6 is 15.9 Å². The molecule has 0 fully saturated rings. The van der Waals surface area contributed by atoms with Crippen LogP contribution < -0.4 is 0 Å². The molecule has 2 aromatic rings. The van der Waals surface area contributed by atoms with Crippen molar-refractivity contribution in [1.29, 1.82) is 0 Å². The molecule has 1 heterocycles. The lowest BCUT2D eigenvalue weighted by atomic mass is 10.1. The summed E-state index contributed by atoms with van der Waals surface area (Å²) < 4.78 is 6.48. The van der Waals surface area contributed by atoms with E-state index < -0.39 is 6.10 Å². The molecule has 1 unspecified atom stereocenters. The number of furan rings is 1. The maximum atomic E-state index is 9.84. The quantitative estimate of drug-likeness (QED) is 0.870. The zero-order valence-corrected chi connectivity index (χ0v) is 10.2. The van der Waals surface area contributed by atoms with Gasteiger partial charge in [0, 0.05) is 11.8 Å². The first-order valence-electron chi connectivity index (χ1n) is 5.02. The van der Waals surface area contributed by atoms with Gasteiger partial charge in [-0.3, -0.25) is 0 Å². The molecule has 0 saturated carbocycles. The van der Waals surface area contributed by atoms with E-state index in [4.69, 9.17) is 10.8 Å². The Kier molecular flexibility index (Phi) is 3.33. The fourth-order valence-corrected chi connectivity index (χ4v) is 2.04. The maximum Gasteiger partial charge on any atom is 0.148 e. The van der Waals surface area contributed by atoms with Crippen LogP contribution in [0.2, 0.25) is 0 Å². The minimum atomic E-state index is -0.629. The van der Waals surface area contributed by atoms with Gasteiger partial charge in [0.2, 0.25) is 0 Å². The fourth-order valence-electron chi connectivity index (χ4n) is 1.57. The van der Waals surface area contributed by atoms with E-state index in [9.17, 15) is 5.11 Å². The van der Waals surface area contributed by atoms with Crippen LogP contribution in [0.3, 0.4) is 0 Å². The summed E-state index contributed by atoms with van der Waals surface area (Å²) in [6, 6.07) is 7.63. The molecule has 2 rings (SSSR count). The minimum Gasteiger partial charge on any atom is -0.457 e. The Morgan fingerprint density at radius 2 is 2.31 bits per heavy atom. The maximum absolute atomic E-state index is 9.84. The standard InChI is InChI=1S/C13H11BrO2/c1-2-3-7-11(15)12-8-9-5-4-6-10(14)13(9)16-12/h1,4-6,8,11,15H,3,7H2. The number of benzene rings is 1. The topological polar surface area (TPSA) is 33.4 Å². The summed E-state index contributed by atoms with van der Waals surface area (Å²) in [5, 5.41) is 10.8. The van der Waals surface area contributed by atoms with Gasteiger partial charge < -0.3 is 9.52 Å². The highest BCUT2D eigenvalue weighted by Gasteiger charge is 2.13. The number of aliphatic hydroxyl groups is 1. The van der Waals surface area contributed by atoms with Gasteiger partial charge in [-0.05, 0) is 34.5 Å². The van der Waals surface area contributed by atoms with Gasteiger partial charge >= 0.3 is 0 Å². The Labute approximate surface area is 102 Å². The Morgan fingerprint density at radius 1 is 1.50 bits per heavy atom. The number of rotatable bonds is 3. The molecule has 0 spiro atoms. The summed E-state index contributed by atoms with van der Waals surface area (Å²) in [6.45, 7) is 0. The second kappa shape index (κ2) is 4.73. The number of para-hydroxylation sites is 1. The van der Waals surface area contributed by atoms with Gasteiger partial charge in [-0.25, -0.2) is 0 Å². The fraction of sp³-hybridized carbons (Fsp3) is 0.231. The van der Waals surface area contributed by atoms with Gasteiger partial charge in [0.25, 0.3) is 0 Å². The molecule has 16 heavy (non-hydrogen) atoms. The van der Waals surface area contributed by atoms with Crippen molar-refractivity contribution in [2.45, 2.75) is 18.9 Å². The zero-order chi connectivity index (χ0) is 11.5. The van der Waals surface area contributed by atoms with Crippen molar-refractivity contribution >= 4 is 26.9 Å². The highest BCUT2D eigenvalue weighted by molar-refractivity contribution is 9.10. The minimum absolute atomic E-state index is 0.522. The summed E-state index contributed by atoms with van der Waals surface area (Å²) in [4.78, 5) is 0. The molecule has 0 aliphatic carbocycles. The molecule has 82 valence electrons. The van der Waals surface area contributed by atoms with Crippen LogP contribution in [-0.2, 0) is 0 Å². The number of hydrogen-bond donors (Lipinski definition) is 1. The molecule has 0 bridgehead atoms. The Balaban J connectivity index is 2.33. The van der Waals surface area contributed by atoms with E-state index in [1.807, 2.05) is 24.3 Å². The first-order chi connectivity index (χ1) is 7.72. The second-order valence-electron chi connectivity index (χ2n) is 3.57. The van der Waals surface area contributed by atoms with E-state index in [1.54, 1.807) is 0 Å². The van der Waals surface area contributed by atoms with Crippen molar-refractivity contribution in [3.05, 3.63) is 34.5 Å². The molecule has 1 aromatic carbocycles. The Bertz CT molecular complexity index is 536. The molecule has 0 radical (unpaired) electrons. The van der Waals surface area contributed by atoms with Crippen molar-refractivity contribution in [2.24, 2.45) is 0 Å². The van der Waals surface area contributed by atoms with Gasteiger partial charge in [0.15, 0.2) is 0 Å². The van der Waals surface area contributed by atoms with Crippen molar-refractivity contribution in [3.63, 3.8) is 0 Å². The van der Waals surface area contributed by atoms with E-state index in [1.165, 1.54) is 0 Å². The van der Waals surface area contributed by atoms with Crippen LogP contribution in [0.4, 0.5) is 0 Å². The van der Waals surface area contributed by atoms with Gasteiger partial charge in [-0.15, -0.1) is 12.3 Å². The van der Waals surface area contributed by atoms with Crippen molar-refractivity contribution < 1.29 is 9.52 Å². The zero-order valence-electron chi connectivity index (χ0n) is 8.61. The normalized spacial score (nSPS) is 12.6. The molecule has 0 aliphatic rings. The van der Waals surface area contributed by atoms with Crippen LogP contribution in [0.5, 0.6) is 0 Å². The first-order valence-corrected chi connectivity index (χ1v) is 5.81. The van der Waals surface area contributed by atoms with E-state index >= 15 is 0 Å². The molecule has 0 amide bonds. The Morgan fingerprint density at radius 3 is 3.00 bits per heavy atom. The summed E-state index contributed by atoms with van der Waals surface area (Å²) in [7, 11) is 0. The third-order valence-corrected chi connectivity index (χ3v) is 3.03. The van der Waals surface area contributed by atoms with E-state index in [0.29, 0.717) is 18.6 Å². The molecular weight excluding hydrogens is 268 g/mol. The van der Waals surface area contributed by atoms with Gasteiger partial charge in [-0.1, -0.05) is 12.1 Å². The summed E-state index contributed by atoms with van der Waals surface area (Å²) in [5.74, 6) is 3.07. The predicted octanol–water partition coefficient (Wildman–Crippen LogP) is 3.64. The summed E-state index contributed by atoms with van der Waals surface area (Å²) in [6.07, 6.45) is 5.59. The third-order valence-electron chi connectivity index (χ3n) is 2.41. The number of halogens is 1. The van der Waals surface area contributed by atoms with Gasteiger partial charge in [-0.2, -0.15) is 0 Å². The smallest absolute Gasteiger partial charge is 0.148 e. The third kappa shape index (κ3) is 2.13. The number of aliphatic hydroxyl groups excluding tert-OH is 1. The number of fused-ring (bicyclic) bond motifs is 1. The van der Waals surface area contributed by atoms with Gasteiger partial charge in [0.1, 0.15) is 17.4 Å². The van der Waals surface area contributed by atoms with E-state index in [2.05, 4.69) is 21.9 Å². The number of hydrogen-bond acceptors (Lipinski definition) is 2. The lowest BCUT2D eigenvalue weighted by Gasteiger charge is -2.03. The van der Waals surface area contributed by atoms with Crippen LogP contribution in [0, 0.1) is 12.3 Å². The molecule has 0 saturated heterocycles. The highest BCUT2D eigenvalue weighted by Crippen LogP contribution is 2.30. The van der Waals surface area contributed by atoms with Crippen LogP contribution in [0.25, 0.3) is 11.0 Å². The average Bonchev–Trinajstić information content (AvgIpc) is 2.71. The first kappa shape index (κ1) is 11.3. The Hall–Kier alpha value is -1.24. The molecule has 2 nitrogen and oxygen atoms in total. The summed E-state index contributed by atoms with van der Waals surface area (Å²) >= 11 is 3.40. The molecule has 0 aliphatic heterocycles. The lowest BCUT2D eigenvalue weighted by molar-refractivity contribution is 0.144. The second-order valence-corrected chi connectivity index (χ2v) is 4.42. The molecule has 1 atom stereocenters. The predicted molar refractivity (Wildman–Crippen MR) is 66.9 cm³/mol. The highest BCUT2D eigenvalue weighted by atomic mass is 79.9. The van der Waals surface area contributed by atoms with Crippen molar-refractivity contribution in [3.8, 4) is 12.3 Å². The molecule has 3 heteroatoms. The van der Waals surface area contributed by atoms with Crippen molar-refractivity contribution in [1.82, 2.24) is 0 Å². The monoisotopic (exact) mass is 278 g/mol. The van der Waals surface area contributed by atoms with Crippen LogP contribution in [0.15, 0.2) is 33.2 Å². The van der Waals surface area contributed by atoms with Crippen LogP contribution in [0.1, 0.15) is 24.7 Å². The van der Waals surface area contributed by atoms with E-state index in [0.717, 1.165) is 15.4 Å². The van der Waals surface area contributed by atoms with Gasteiger partial charge in [0.05, 0.1) is 4.47 Å². The number of terminal acetylenes is 1. The largest absolute Gasteiger partial charge is 0.457 e. The van der Waals surface area contributed by atoms with E-state index in [-0.39, 0.29) is 0 Å². The average molecular weight is 279 g/mol. The molecular formula is C13H11BrO2. The molecule has 1 N–H and O–H groups in total. The molecule has 1 aromatic heterocycles. The lowest BCUT2D eigenvalue weighted by Crippen LogP contribution is -1.93. The van der Waals surface area contributed by atoms with Crippen LogP contribution in [-0.4, -0.2) is 5.11 Å². The van der Waals surface area contributed by atoms with Crippen molar-refractivity contribution in [2.75, 3.05) is 0 Å². The SMILES string of the molecule is C#CCCC(O)c1cc2cccc(Br)c2o1. The summed E-state index contributed by atoms with van der Waals surface area (Å²) in [5.41, 5.74) is 0.761.